The highest BCUT2D eigenvalue weighted by molar-refractivity contribution is 6.30. The summed E-state index contributed by atoms with van der Waals surface area (Å²) < 4.78 is 0. The van der Waals surface area contributed by atoms with Crippen molar-refractivity contribution in [2.45, 2.75) is 39.3 Å². The molecule has 2 unspecified atom stereocenters. The van der Waals surface area contributed by atoms with Gasteiger partial charge in [0, 0.05) is 23.2 Å². The molecule has 2 atom stereocenters. The lowest BCUT2D eigenvalue weighted by atomic mass is 10.0. The number of carbonyl (C=O) groups is 2. The molecule has 1 aromatic rings. The fourth-order valence-electron chi connectivity index (χ4n) is 1.97. The van der Waals surface area contributed by atoms with Gasteiger partial charge in [0.2, 0.25) is 5.91 Å². The minimum Gasteiger partial charge on any atom is -0.396 e. The van der Waals surface area contributed by atoms with Crippen LogP contribution in [0.25, 0.3) is 0 Å². The van der Waals surface area contributed by atoms with E-state index < -0.39 is 6.04 Å². The van der Waals surface area contributed by atoms with Gasteiger partial charge in [0.1, 0.15) is 6.04 Å². The molecule has 0 fully saturated rings. The smallest absolute Gasteiger partial charge is 0.251 e. The van der Waals surface area contributed by atoms with Crippen molar-refractivity contribution in [3.63, 3.8) is 0 Å². The summed E-state index contributed by atoms with van der Waals surface area (Å²) in [6.45, 7) is 5.57. The molecule has 0 spiro atoms. The summed E-state index contributed by atoms with van der Waals surface area (Å²) in [6.07, 6.45) is 0.487. The largest absolute Gasteiger partial charge is 0.396 e. The molecule has 122 valence electrons. The second kappa shape index (κ2) is 8.76. The van der Waals surface area contributed by atoms with E-state index in [-0.39, 0.29) is 30.4 Å². The molecule has 0 radical (unpaired) electrons. The number of nitrogens with one attached hydrogen (secondary N) is 2. The van der Waals surface area contributed by atoms with Crippen LogP contribution in [0.4, 0.5) is 0 Å². The summed E-state index contributed by atoms with van der Waals surface area (Å²) in [6, 6.07) is 5.67. The predicted octanol–water partition coefficient (Wildman–Crippen LogP) is 1.98. The van der Waals surface area contributed by atoms with Crippen LogP contribution in [0.1, 0.15) is 37.6 Å². The van der Waals surface area contributed by atoms with Gasteiger partial charge in [-0.2, -0.15) is 0 Å². The molecule has 0 heterocycles. The number of hydrogen-bond donors (Lipinski definition) is 3. The van der Waals surface area contributed by atoms with Gasteiger partial charge in [-0.1, -0.05) is 25.4 Å². The number of hydrogen-bond acceptors (Lipinski definition) is 3. The SMILES string of the molecule is CC(NC(=O)c1ccc(Cl)cc1)C(=O)NC(CCO)C(C)C. The quantitative estimate of drug-likeness (QED) is 0.717. The topological polar surface area (TPSA) is 78.4 Å². The highest BCUT2D eigenvalue weighted by Crippen LogP contribution is 2.10. The van der Waals surface area contributed by atoms with Crippen LogP contribution in [-0.4, -0.2) is 35.6 Å². The maximum atomic E-state index is 12.1. The molecule has 0 aliphatic rings. The van der Waals surface area contributed by atoms with Crippen LogP contribution in [-0.2, 0) is 4.79 Å². The Balaban J connectivity index is 2.59. The molecule has 0 aliphatic carbocycles. The summed E-state index contributed by atoms with van der Waals surface area (Å²) >= 11 is 5.77. The molecular weight excluding hydrogens is 304 g/mol. The first-order chi connectivity index (χ1) is 10.3. The summed E-state index contributed by atoms with van der Waals surface area (Å²) in [5.74, 6) is -0.396. The highest BCUT2D eigenvalue weighted by atomic mass is 35.5. The van der Waals surface area contributed by atoms with Gasteiger partial charge in [0.05, 0.1) is 0 Å². The lowest BCUT2D eigenvalue weighted by molar-refractivity contribution is -0.123. The Hall–Kier alpha value is -1.59. The average molecular weight is 327 g/mol. The summed E-state index contributed by atoms with van der Waals surface area (Å²) in [7, 11) is 0. The monoisotopic (exact) mass is 326 g/mol. The number of rotatable bonds is 7. The normalized spacial score (nSPS) is 13.5. The molecule has 0 saturated carbocycles. The van der Waals surface area contributed by atoms with Crippen molar-refractivity contribution >= 4 is 23.4 Å². The van der Waals surface area contributed by atoms with Gasteiger partial charge in [-0.15, -0.1) is 0 Å². The van der Waals surface area contributed by atoms with E-state index in [0.29, 0.717) is 17.0 Å². The molecule has 6 heteroatoms. The standard InChI is InChI=1S/C16H23ClN2O3/c1-10(2)14(8-9-20)19-15(21)11(3)18-16(22)12-4-6-13(17)7-5-12/h4-7,10-11,14,20H,8-9H2,1-3H3,(H,18,22)(H,19,21). The van der Waals surface area contributed by atoms with Crippen LogP contribution < -0.4 is 10.6 Å². The second-order valence-electron chi connectivity index (χ2n) is 5.57. The fraction of sp³-hybridized carbons (Fsp3) is 0.500. The van der Waals surface area contributed by atoms with Crippen LogP contribution in [0.15, 0.2) is 24.3 Å². The Kier molecular flexibility index (Phi) is 7.35. The third-order valence-corrected chi connectivity index (χ3v) is 3.67. The van der Waals surface area contributed by atoms with E-state index in [1.807, 2.05) is 13.8 Å². The van der Waals surface area contributed by atoms with E-state index in [1.54, 1.807) is 31.2 Å². The van der Waals surface area contributed by atoms with Crippen LogP contribution in [0.3, 0.4) is 0 Å². The van der Waals surface area contributed by atoms with E-state index in [4.69, 9.17) is 16.7 Å². The van der Waals surface area contributed by atoms with Gasteiger partial charge in [0.15, 0.2) is 0 Å². The Labute approximate surface area is 136 Å². The molecular formula is C16H23ClN2O3. The molecule has 2 amide bonds. The van der Waals surface area contributed by atoms with Crippen molar-refractivity contribution in [1.29, 1.82) is 0 Å². The van der Waals surface area contributed by atoms with Crippen molar-refractivity contribution < 1.29 is 14.7 Å². The molecule has 1 aromatic carbocycles. The Morgan fingerprint density at radius 1 is 1.14 bits per heavy atom. The van der Waals surface area contributed by atoms with Crippen molar-refractivity contribution in [1.82, 2.24) is 10.6 Å². The third kappa shape index (κ3) is 5.66. The summed E-state index contributed by atoms with van der Waals surface area (Å²) in [4.78, 5) is 24.2. The first-order valence-electron chi connectivity index (χ1n) is 7.32. The van der Waals surface area contributed by atoms with Crippen LogP contribution in [0.2, 0.25) is 5.02 Å². The number of aliphatic hydroxyl groups excluding tert-OH is 1. The first-order valence-corrected chi connectivity index (χ1v) is 7.70. The van der Waals surface area contributed by atoms with Crippen molar-refractivity contribution in [3.8, 4) is 0 Å². The van der Waals surface area contributed by atoms with Crippen LogP contribution in [0.5, 0.6) is 0 Å². The zero-order valence-corrected chi connectivity index (χ0v) is 13.9. The molecule has 0 bridgehead atoms. The Morgan fingerprint density at radius 3 is 2.23 bits per heavy atom. The zero-order valence-electron chi connectivity index (χ0n) is 13.1. The van der Waals surface area contributed by atoms with E-state index in [0.717, 1.165) is 0 Å². The van der Waals surface area contributed by atoms with Crippen molar-refractivity contribution in [2.24, 2.45) is 5.92 Å². The first kappa shape index (κ1) is 18.5. The van der Waals surface area contributed by atoms with E-state index in [1.165, 1.54) is 0 Å². The van der Waals surface area contributed by atoms with Crippen LogP contribution >= 0.6 is 11.6 Å². The van der Waals surface area contributed by atoms with E-state index >= 15 is 0 Å². The molecule has 0 aliphatic heterocycles. The summed E-state index contributed by atoms with van der Waals surface area (Å²) in [5, 5.41) is 15.1. The van der Waals surface area contributed by atoms with Crippen molar-refractivity contribution in [2.75, 3.05) is 6.61 Å². The van der Waals surface area contributed by atoms with Gasteiger partial charge in [0.25, 0.3) is 5.91 Å². The van der Waals surface area contributed by atoms with E-state index in [2.05, 4.69) is 10.6 Å². The average Bonchev–Trinajstić information content (AvgIpc) is 2.47. The van der Waals surface area contributed by atoms with Crippen molar-refractivity contribution in [3.05, 3.63) is 34.9 Å². The molecule has 0 aromatic heterocycles. The highest BCUT2D eigenvalue weighted by Gasteiger charge is 2.21. The maximum absolute atomic E-state index is 12.1. The molecule has 3 N–H and O–H groups in total. The zero-order chi connectivity index (χ0) is 16.7. The predicted molar refractivity (Wildman–Crippen MR) is 86.9 cm³/mol. The number of carbonyl (C=O) groups excluding carboxylic acids is 2. The molecule has 5 nitrogen and oxygen atoms in total. The Morgan fingerprint density at radius 2 is 1.73 bits per heavy atom. The molecule has 1 rings (SSSR count). The number of aliphatic hydroxyl groups is 1. The third-order valence-electron chi connectivity index (χ3n) is 3.42. The maximum Gasteiger partial charge on any atom is 0.251 e. The number of amides is 2. The van der Waals surface area contributed by atoms with E-state index in [9.17, 15) is 9.59 Å². The van der Waals surface area contributed by atoms with Gasteiger partial charge >= 0.3 is 0 Å². The van der Waals surface area contributed by atoms with Gasteiger partial charge in [-0.05, 0) is 43.5 Å². The number of benzene rings is 1. The lowest BCUT2D eigenvalue weighted by Gasteiger charge is -2.24. The van der Waals surface area contributed by atoms with Gasteiger partial charge in [-0.3, -0.25) is 9.59 Å². The van der Waals surface area contributed by atoms with Gasteiger partial charge < -0.3 is 15.7 Å². The van der Waals surface area contributed by atoms with Crippen LogP contribution in [0, 0.1) is 5.92 Å². The minimum atomic E-state index is -0.664. The lowest BCUT2D eigenvalue weighted by Crippen LogP contribution is -2.49. The second-order valence-corrected chi connectivity index (χ2v) is 6.01. The van der Waals surface area contributed by atoms with Gasteiger partial charge in [-0.25, -0.2) is 0 Å². The fourth-order valence-corrected chi connectivity index (χ4v) is 2.09. The molecule has 22 heavy (non-hydrogen) atoms. The summed E-state index contributed by atoms with van der Waals surface area (Å²) in [5.41, 5.74) is 0.444. The Bertz CT molecular complexity index is 503. The number of halogens is 1. The minimum absolute atomic E-state index is 0.00857. The molecule has 0 saturated heterocycles.